The number of carbonyl (C=O) groups excluding carboxylic acids is 1. The van der Waals surface area contributed by atoms with Gasteiger partial charge in [0.2, 0.25) is 0 Å². The number of aromatic nitrogens is 1. The lowest BCUT2D eigenvalue weighted by molar-refractivity contribution is -0.131. The van der Waals surface area contributed by atoms with E-state index in [0.717, 1.165) is 36.1 Å². The second-order valence-corrected chi connectivity index (χ2v) is 14.1. The van der Waals surface area contributed by atoms with Gasteiger partial charge >= 0.3 is 0 Å². The zero-order valence-electron chi connectivity index (χ0n) is 26.9. The number of aromatic hydroxyl groups is 1. The molecule has 3 saturated carbocycles. The van der Waals surface area contributed by atoms with Crippen LogP contribution in [0.1, 0.15) is 79.6 Å². The molecule has 2 N–H and O–H groups in total. The number of Topliss-reactive ketones (excluding diaryl/α,β-unsaturated/α-hetero) is 1. The van der Waals surface area contributed by atoms with E-state index < -0.39 is 21.8 Å². The molecule has 0 spiro atoms. The highest BCUT2D eigenvalue weighted by atomic mass is 16.5. The lowest BCUT2D eigenvalue weighted by Gasteiger charge is -2.66. The number of carbonyl (C=O) groups is 1. The molecule has 7 heteroatoms. The van der Waals surface area contributed by atoms with Crippen LogP contribution in [0.15, 0.2) is 64.3 Å². The van der Waals surface area contributed by atoms with Crippen LogP contribution in [-0.2, 0) is 6.42 Å². The van der Waals surface area contributed by atoms with E-state index in [2.05, 4.69) is 31.0 Å². The average Bonchev–Trinajstić information content (AvgIpc) is 3.62. The van der Waals surface area contributed by atoms with Crippen LogP contribution >= 0.6 is 0 Å². The fraction of sp³-hybridized carbons (Fsp3) is 0.436. The second-order valence-electron chi connectivity index (χ2n) is 14.1. The molecule has 1 heterocycles. The van der Waals surface area contributed by atoms with Crippen LogP contribution in [0.25, 0.3) is 12.2 Å². The van der Waals surface area contributed by atoms with E-state index in [-0.39, 0.29) is 34.7 Å². The van der Waals surface area contributed by atoms with Crippen LogP contribution in [0, 0.1) is 40.4 Å². The molecule has 6 unspecified atom stereocenters. The van der Waals surface area contributed by atoms with Crippen molar-refractivity contribution in [3.8, 4) is 29.6 Å². The molecule has 0 saturated heterocycles. The first-order chi connectivity index (χ1) is 22.0. The third-order valence-corrected chi connectivity index (χ3v) is 12.5. The summed E-state index contributed by atoms with van der Waals surface area (Å²) in [6, 6.07) is 13.0. The summed E-state index contributed by atoms with van der Waals surface area (Å²) in [5.41, 5.74) is 1.02. The second kappa shape index (κ2) is 10.6. The van der Waals surface area contributed by atoms with E-state index >= 15 is 4.79 Å². The van der Waals surface area contributed by atoms with Gasteiger partial charge in [-0.15, -0.1) is 6.42 Å². The number of hydrogen-bond acceptors (Lipinski definition) is 7. The molecule has 7 nitrogen and oxygen atoms in total. The van der Waals surface area contributed by atoms with Crippen molar-refractivity contribution in [2.24, 2.45) is 28.1 Å². The normalized spacial score (nSPS) is 33.0. The molecule has 4 aliphatic rings. The van der Waals surface area contributed by atoms with Gasteiger partial charge in [0.15, 0.2) is 11.5 Å². The standard InChI is InChI=1S/C39H41NO6/c1-6-38(43)15-14-28-29-13-12-26-19-32-25(23-40-46-32)22-37(26,3)39(29,17-16-36(28,38)2)30(18-24-10-8-7-9-11-24)35(42)34-31(41)20-27(44-4)21-33(34)45-5/h1,7-11,18-21,23,28-29,41,43H,12-17,22H2,2-5H3. The van der Waals surface area contributed by atoms with Gasteiger partial charge in [0.05, 0.1) is 20.4 Å². The summed E-state index contributed by atoms with van der Waals surface area (Å²) >= 11 is 0. The molecule has 0 amide bonds. The number of benzene rings is 2. The van der Waals surface area contributed by atoms with Crippen LogP contribution in [0.2, 0.25) is 0 Å². The van der Waals surface area contributed by atoms with Gasteiger partial charge in [-0.25, -0.2) is 0 Å². The van der Waals surface area contributed by atoms with Gasteiger partial charge in [-0.3, -0.25) is 4.79 Å². The minimum Gasteiger partial charge on any atom is -0.507 e. The quantitative estimate of drug-likeness (QED) is 0.170. The van der Waals surface area contributed by atoms with Crippen LogP contribution in [0.5, 0.6) is 17.2 Å². The first-order valence-corrected chi connectivity index (χ1v) is 16.2. The summed E-state index contributed by atoms with van der Waals surface area (Å²) in [6.45, 7) is 4.45. The smallest absolute Gasteiger partial charge is 0.197 e. The molecule has 0 radical (unpaired) electrons. The maximum absolute atomic E-state index is 15.4. The van der Waals surface area contributed by atoms with Crippen molar-refractivity contribution in [2.75, 3.05) is 14.2 Å². The molecular formula is C39H41NO6. The Hall–Kier alpha value is -4.28. The van der Waals surface area contributed by atoms with E-state index in [0.29, 0.717) is 37.0 Å². The third kappa shape index (κ3) is 4.02. The van der Waals surface area contributed by atoms with Crippen molar-refractivity contribution in [2.45, 2.75) is 64.4 Å². The number of terminal acetylenes is 1. The number of nitrogens with zero attached hydrogens (tertiary/aromatic N) is 1. The van der Waals surface area contributed by atoms with Gasteiger partial charge in [-0.1, -0.05) is 60.8 Å². The van der Waals surface area contributed by atoms with E-state index in [1.807, 2.05) is 36.4 Å². The average molecular weight is 620 g/mol. The number of fused-ring (bicyclic) bond motifs is 6. The van der Waals surface area contributed by atoms with Crippen molar-refractivity contribution < 1.29 is 29.0 Å². The highest BCUT2D eigenvalue weighted by Crippen LogP contribution is 2.75. The molecule has 46 heavy (non-hydrogen) atoms. The Labute approximate surface area is 270 Å². The zero-order valence-corrected chi connectivity index (χ0v) is 26.9. The summed E-state index contributed by atoms with van der Waals surface area (Å²) in [5, 5.41) is 27.4. The Kier molecular flexibility index (Phi) is 7.02. The SMILES string of the molecule is C#CC1(O)CCC2C3CCC4=Cc5oncc5CC4(C)C3(C(=Cc3ccccc3)C(=O)c3c(O)cc(OC)cc3OC)CCC21C. The van der Waals surface area contributed by atoms with Crippen molar-refractivity contribution in [1.29, 1.82) is 0 Å². The highest BCUT2D eigenvalue weighted by molar-refractivity contribution is 6.15. The molecule has 6 atom stereocenters. The monoisotopic (exact) mass is 619 g/mol. The van der Waals surface area contributed by atoms with Crippen molar-refractivity contribution in [1.82, 2.24) is 5.16 Å². The lowest BCUT2D eigenvalue weighted by atomic mass is 9.37. The molecular weight excluding hydrogens is 578 g/mol. The van der Waals surface area contributed by atoms with E-state index in [4.69, 9.17) is 20.4 Å². The Morgan fingerprint density at radius 2 is 1.87 bits per heavy atom. The molecule has 4 aliphatic carbocycles. The number of phenolic OH excluding ortho intramolecular Hbond substituents is 1. The topological polar surface area (TPSA) is 102 Å². The number of ether oxygens (including phenoxy) is 2. The Balaban J connectivity index is 1.52. The molecule has 1 aromatic heterocycles. The highest BCUT2D eigenvalue weighted by Gasteiger charge is 2.70. The lowest BCUT2D eigenvalue weighted by Crippen LogP contribution is -2.62. The largest absolute Gasteiger partial charge is 0.507 e. The van der Waals surface area contributed by atoms with Gasteiger partial charge in [0.25, 0.3) is 0 Å². The Bertz CT molecular complexity index is 1820. The zero-order chi connectivity index (χ0) is 32.5. The predicted octanol–water partition coefficient (Wildman–Crippen LogP) is 7.28. The van der Waals surface area contributed by atoms with Crippen molar-refractivity contribution >= 4 is 17.9 Å². The molecule has 3 fully saturated rings. The van der Waals surface area contributed by atoms with Gasteiger partial charge < -0.3 is 24.2 Å². The van der Waals surface area contributed by atoms with E-state index in [1.165, 1.54) is 25.9 Å². The molecule has 2 aromatic carbocycles. The number of aliphatic hydroxyl groups is 1. The number of phenols is 1. The summed E-state index contributed by atoms with van der Waals surface area (Å²) < 4.78 is 16.8. The van der Waals surface area contributed by atoms with Crippen molar-refractivity contribution in [3.63, 3.8) is 0 Å². The maximum atomic E-state index is 15.4. The molecule has 3 aromatic rings. The van der Waals surface area contributed by atoms with E-state index in [1.54, 1.807) is 12.3 Å². The number of methoxy groups -OCH3 is 2. The molecule has 7 rings (SSSR count). The third-order valence-electron chi connectivity index (χ3n) is 12.5. The minimum absolute atomic E-state index is 0.0301. The molecule has 0 aliphatic heterocycles. The van der Waals surface area contributed by atoms with Gasteiger partial charge in [-0.2, -0.15) is 0 Å². The minimum atomic E-state index is -1.21. The Morgan fingerprint density at radius 3 is 2.59 bits per heavy atom. The molecule has 238 valence electrons. The maximum Gasteiger partial charge on any atom is 0.197 e. The summed E-state index contributed by atoms with van der Waals surface area (Å²) in [5.74, 6) is 3.85. The summed E-state index contributed by atoms with van der Waals surface area (Å²) in [4.78, 5) is 15.4. The number of hydrogen-bond donors (Lipinski definition) is 2. The van der Waals surface area contributed by atoms with Crippen LogP contribution in [0.4, 0.5) is 0 Å². The fourth-order valence-corrected chi connectivity index (χ4v) is 10.1. The Morgan fingerprint density at radius 1 is 1.09 bits per heavy atom. The number of allylic oxidation sites excluding steroid dienone is 2. The van der Waals surface area contributed by atoms with Crippen LogP contribution in [0.3, 0.4) is 0 Å². The fourth-order valence-electron chi connectivity index (χ4n) is 10.1. The van der Waals surface area contributed by atoms with Gasteiger partial charge in [0.1, 0.15) is 28.4 Å². The summed E-state index contributed by atoms with van der Waals surface area (Å²) in [7, 11) is 3.01. The van der Waals surface area contributed by atoms with Gasteiger partial charge in [-0.05, 0) is 74.5 Å². The predicted molar refractivity (Wildman–Crippen MR) is 175 cm³/mol. The first kappa shape index (κ1) is 30.4. The summed E-state index contributed by atoms with van der Waals surface area (Å²) in [6.07, 6.45) is 16.9. The molecule has 0 bridgehead atoms. The first-order valence-electron chi connectivity index (χ1n) is 16.2. The van der Waals surface area contributed by atoms with Gasteiger partial charge in [0, 0.05) is 39.5 Å². The van der Waals surface area contributed by atoms with E-state index in [9.17, 15) is 10.2 Å². The van der Waals surface area contributed by atoms with Crippen molar-refractivity contribution in [3.05, 3.63) is 82.3 Å². The van der Waals surface area contributed by atoms with Crippen LogP contribution < -0.4 is 9.47 Å². The number of ketones is 1. The van der Waals surface area contributed by atoms with Crippen LogP contribution in [-0.4, -0.2) is 41.0 Å². The number of rotatable bonds is 6.